The number of anilines is 1. The number of carbonyl (C=O) groups is 1. The molecule has 2 aliphatic rings. The number of methoxy groups -OCH3 is 1. The normalized spacial score (nSPS) is 22.9. The van der Waals surface area contributed by atoms with Crippen molar-refractivity contribution in [3.63, 3.8) is 0 Å². The van der Waals surface area contributed by atoms with Gasteiger partial charge in [0, 0.05) is 49.9 Å². The molecule has 0 radical (unpaired) electrons. The summed E-state index contributed by atoms with van der Waals surface area (Å²) in [4.78, 5) is 30.0. The lowest BCUT2D eigenvalue weighted by Gasteiger charge is -2.48. The third-order valence-corrected chi connectivity index (χ3v) is 5.60. The van der Waals surface area contributed by atoms with Crippen LogP contribution in [0.4, 0.5) is 5.95 Å². The summed E-state index contributed by atoms with van der Waals surface area (Å²) in [6, 6.07) is 7.61. The molecule has 2 aliphatic heterocycles. The Balaban J connectivity index is 1.50. The topological polar surface area (TPSA) is 71.5 Å². The number of rotatable bonds is 4. The van der Waals surface area contributed by atoms with Crippen LogP contribution in [0.5, 0.6) is 5.88 Å². The lowest BCUT2D eigenvalue weighted by molar-refractivity contribution is -0.138. The van der Waals surface area contributed by atoms with E-state index in [1.165, 1.54) is 0 Å². The van der Waals surface area contributed by atoms with E-state index in [1.54, 1.807) is 25.6 Å². The molecule has 1 atom stereocenters. The molecule has 1 spiro atoms. The molecule has 7 nitrogen and oxygen atoms in total. The molecule has 0 saturated carbocycles. The van der Waals surface area contributed by atoms with Gasteiger partial charge in [0.15, 0.2) is 0 Å². The number of aromatic nitrogens is 3. The van der Waals surface area contributed by atoms with Crippen molar-refractivity contribution in [2.45, 2.75) is 32.2 Å². The molecule has 0 aromatic carbocycles. The zero-order chi connectivity index (χ0) is 18.7. The van der Waals surface area contributed by atoms with E-state index in [-0.39, 0.29) is 11.3 Å². The molecule has 0 bridgehead atoms. The van der Waals surface area contributed by atoms with Crippen molar-refractivity contribution in [3.8, 4) is 5.88 Å². The van der Waals surface area contributed by atoms with E-state index in [0.29, 0.717) is 24.8 Å². The van der Waals surface area contributed by atoms with Crippen molar-refractivity contribution >= 4 is 11.9 Å². The predicted molar refractivity (Wildman–Crippen MR) is 101 cm³/mol. The number of ether oxygens (including phenoxy) is 1. The molecule has 2 aromatic rings. The van der Waals surface area contributed by atoms with E-state index in [4.69, 9.17) is 4.74 Å². The van der Waals surface area contributed by atoms with Gasteiger partial charge >= 0.3 is 0 Å². The Bertz CT molecular complexity index is 800. The van der Waals surface area contributed by atoms with Gasteiger partial charge in [0.1, 0.15) is 0 Å². The minimum atomic E-state index is 0.0907. The first-order valence-corrected chi connectivity index (χ1v) is 9.47. The maximum Gasteiger partial charge on any atom is 0.228 e. The second-order valence-electron chi connectivity index (χ2n) is 7.49. The van der Waals surface area contributed by atoms with Crippen LogP contribution in [-0.4, -0.2) is 52.5 Å². The minimum Gasteiger partial charge on any atom is -0.481 e. The van der Waals surface area contributed by atoms with E-state index in [2.05, 4.69) is 19.9 Å². The maximum atomic E-state index is 12.5. The van der Waals surface area contributed by atoms with Crippen molar-refractivity contribution in [3.05, 3.63) is 42.4 Å². The molecular weight excluding hydrogens is 342 g/mol. The van der Waals surface area contributed by atoms with Crippen LogP contribution < -0.4 is 9.64 Å². The Morgan fingerprint density at radius 3 is 2.89 bits per heavy atom. The third-order valence-electron chi connectivity index (χ3n) is 5.60. The molecule has 7 heteroatoms. The molecule has 0 unspecified atom stereocenters. The lowest BCUT2D eigenvalue weighted by atomic mass is 9.73. The SMILES string of the molecule is COc1ccnc(N2CCC[C@]3(CCC(=O)N(Cc4ccccn4)C3)C2)n1. The Morgan fingerprint density at radius 2 is 2.07 bits per heavy atom. The van der Waals surface area contributed by atoms with Crippen molar-refractivity contribution in [2.24, 2.45) is 5.41 Å². The van der Waals surface area contributed by atoms with Gasteiger partial charge in [0.2, 0.25) is 17.7 Å². The summed E-state index contributed by atoms with van der Waals surface area (Å²) >= 11 is 0. The summed E-state index contributed by atoms with van der Waals surface area (Å²) in [5, 5.41) is 0. The summed E-state index contributed by atoms with van der Waals surface area (Å²) in [5.74, 6) is 1.51. The Labute approximate surface area is 159 Å². The average Bonchev–Trinajstić information content (AvgIpc) is 2.72. The van der Waals surface area contributed by atoms with Crippen LogP contribution >= 0.6 is 0 Å². The van der Waals surface area contributed by atoms with Crippen molar-refractivity contribution < 1.29 is 9.53 Å². The molecular formula is C20H25N5O2. The fourth-order valence-electron chi connectivity index (χ4n) is 4.24. The largest absolute Gasteiger partial charge is 0.481 e. The van der Waals surface area contributed by atoms with Gasteiger partial charge in [-0.1, -0.05) is 6.07 Å². The monoisotopic (exact) mass is 367 g/mol. The molecule has 4 rings (SSSR count). The van der Waals surface area contributed by atoms with Crippen molar-refractivity contribution in [2.75, 3.05) is 31.6 Å². The van der Waals surface area contributed by atoms with Crippen LogP contribution in [-0.2, 0) is 11.3 Å². The first kappa shape index (κ1) is 17.7. The third kappa shape index (κ3) is 3.86. The van der Waals surface area contributed by atoms with Gasteiger partial charge in [0.25, 0.3) is 0 Å². The van der Waals surface area contributed by atoms with Crippen molar-refractivity contribution in [1.82, 2.24) is 19.9 Å². The van der Waals surface area contributed by atoms with Gasteiger partial charge in [-0.05, 0) is 31.4 Å². The second kappa shape index (κ2) is 7.50. The number of likely N-dealkylation sites (tertiary alicyclic amines) is 1. The molecule has 2 saturated heterocycles. The van der Waals surface area contributed by atoms with Gasteiger partial charge in [-0.2, -0.15) is 4.98 Å². The van der Waals surface area contributed by atoms with Crippen LogP contribution in [0.3, 0.4) is 0 Å². The Hall–Kier alpha value is -2.70. The van der Waals surface area contributed by atoms with Crippen LogP contribution in [0.2, 0.25) is 0 Å². The Morgan fingerprint density at radius 1 is 1.15 bits per heavy atom. The number of pyridine rings is 1. The number of piperidine rings is 2. The van der Waals surface area contributed by atoms with Crippen LogP contribution in [0, 0.1) is 5.41 Å². The lowest BCUT2D eigenvalue weighted by Crippen LogP contribution is -2.54. The summed E-state index contributed by atoms with van der Waals surface area (Å²) in [5.41, 5.74) is 1.03. The molecule has 142 valence electrons. The van der Waals surface area contributed by atoms with E-state index >= 15 is 0 Å². The number of nitrogens with zero attached hydrogens (tertiary/aromatic N) is 5. The number of hydrogen-bond donors (Lipinski definition) is 0. The molecule has 4 heterocycles. The smallest absolute Gasteiger partial charge is 0.228 e. The van der Waals surface area contributed by atoms with Gasteiger partial charge in [-0.3, -0.25) is 9.78 Å². The van der Waals surface area contributed by atoms with E-state index in [9.17, 15) is 4.79 Å². The fourth-order valence-corrected chi connectivity index (χ4v) is 4.24. The zero-order valence-electron chi connectivity index (χ0n) is 15.7. The Kier molecular flexibility index (Phi) is 4.92. The molecule has 27 heavy (non-hydrogen) atoms. The quantitative estimate of drug-likeness (QED) is 0.826. The van der Waals surface area contributed by atoms with E-state index in [0.717, 1.165) is 44.6 Å². The highest BCUT2D eigenvalue weighted by molar-refractivity contribution is 5.77. The molecule has 1 amide bonds. The molecule has 2 aromatic heterocycles. The zero-order valence-corrected chi connectivity index (χ0v) is 15.7. The highest BCUT2D eigenvalue weighted by Gasteiger charge is 2.42. The summed E-state index contributed by atoms with van der Waals surface area (Å²) in [7, 11) is 1.62. The fraction of sp³-hybridized carbons (Fsp3) is 0.500. The molecule has 0 N–H and O–H groups in total. The summed E-state index contributed by atoms with van der Waals surface area (Å²) in [6.07, 6.45) is 7.23. The number of carbonyl (C=O) groups excluding carboxylic acids is 1. The maximum absolute atomic E-state index is 12.5. The van der Waals surface area contributed by atoms with Gasteiger partial charge in [-0.25, -0.2) is 4.98 Å². The minimum absolute atomic E-state index is 0.0907. The van der Waals surface area contributed by atoms with Gasteiger partial charge in [-0.15, -0.1) is 0 Å². The van der Waals surface area contributed by atoms with Crippen LogP contribution in [0.25, 0.3) is 0 Å². The van der Waals surface area contributed by atoms with E-state index < -0.39 is 0 Å². The second-order valence-corrected chi connectivity index (χ2v) is 7.49. The van der Waals surface area contributed by atoms with Crippen LogP contribution in [0.15, 0.2) is 36.7 Å². The first-order chi connectivity index (χ1) is 13.2. The number of hydrogen-bond acceptors (Lipinski definition) is 6. The highest BCUT2D eigenvalue weighted by Crippen LogP contribution is 2.40. The van der Waals surface area contributed by atoms with Gasteiger partial charge < -0.3 is 14.5 Å². The summed E-state index contributed by atoms with van der Waals surface area (Å²) < 4.78 is 5.24. The van der Waals surface area contributed by atoms with Crippen LogP contribution in [0.1, 0.15) is 31.4 Å². The molecule has 2 fully saturated rings. The summed E-state index contributed by atoms with van der Waals surface area (Å²) in [6.45, 7) is 3.15. The number of amides is 1. The van der Waals surface area contributed by atoms with Crippen molar-refractivity contribution in [1.29, 1.82) is 0 Å². The predicted octanol–water partition coefficient (Wildman–Crippen LogP) is 2.29. The average molecular weight is 367 g/mol. The highest BCUT2D eigenvalue weighted by atomic mass is 16.5. The van der Waals surface area contributed by atoms with E-state index in [1.807, 2.05) is 23.1 Å². The van der Waals surface area contributed by atoms with Gasteiger partial charge in [0.05, 0.1) is 19.3 Å². The first-order valence-electron chi connectivity index (χ1n) is 9.47. The molecule has 0 aliphatic carbocycles. The standard InChI is InChI=1S/C20H25N5O2/c1-27-17-7-11-22-19(23-17)24-12-4-8-20(14-24)9-6-18(26)25(15-20)13-16-5-2-3-10-21-16/h2-3,5,7,10-11H,4,6,8-9,12-15H2,1H3/t20-/m0/s1.